The predicted octanol–water partition coefficient (Wildman–Crippen LogP) is 3.75. The molecule has 0 fully saturated rings. The van der Waals surface area contributed by atoms with Crippen LogP contribution in [0, 0.1) is 0 Å². The second-order valence-electron chi connectivity index (χ2n) is 4.14. The zero-order chi connectivity index (χ0) is 13.8. The summed E-state index contributed by atoms with van der Waals surface area (Å²) in [6.07, 6.45) is 0.629. The summed E-state index contributed by atoms with van der Waals surface area (Å²) in [7, 11) is 1.63. The molecule has 0 aliphatic heterocycles. The number of rotatable bonds is 4. The Labute approximate surface area is 120 Å². The summed E-state index contributed by atoms with van der Waals surface area (Å²) in [5, 5.41) is 8.99. The van der Waals surface area contributed by atoms with Gasteiger partial charge in [-0.15, -0.1) is 0 Å². The second kappa shape index (κ2) is 5.89. The smallest absolute Gasteiger partial charge is 0.335 e. The van der Waals surface area contributed by atoms with E-state index in [0.717, 1.165) is 21.3 Å². The number of ether oxygens (including phenoxy) is 1. The van der Waals surface area contributed by atoms with Crippen LogP contribution in [0.5, 0.6) is 5.75 Å². The zero-order valence-corrected chi connectivity index (χ0v) is 12.0. The number of carboxylic acid groups (broad SMARTS) is 1. The van der Waals surface area contributed by atoms with E-state index >= 15 is 0 Å². The fourth-order valence-electron chi connectivity index (χ4n) is 1.92. The first-order valence-electron chi connectivity index (χ1n) is 5.75. The number of carboxylic acids is 1. The van der Waals surface area contributed by atoms with Crippen LogP contribution in [0.4, 0.5) is 0 Å². The first kappa shape index (κ1) is 13.6. The Morgan fingerprint density at radius 3 is 2.74 bits per heavy atom. The van der Waals surface area contributed by atoms with E-state index in [1.54, 1.807) is 25.3 Å². The molecule has 0 radical (unpaired) electrons. The Hall–Kier alpha value is -1.81. The monoisotopic (exact) mass is 320 g/mol. The summed E-state index contributed by atoms with van der Waals surface area (Å²) >= 11 is 3.43. The molecular formula is C15H13BrO3. The maximum absolute atomic E-state index is 11.0. The van der Waals surface area contributed by atoms with Gasteiger partial charge in [0.15, 0.2) is 0 Å². The molecule has 0 aliphatic rings. The highest BCUT2D eigenvalue weighted by Crippen LogP contribution is 2.25. The van der Waals surface area contributed by atoms with Gasteiger partial charge < -0.3 is 9.84 Å². The molecule has 0 saturated heterocycles. The van der Waals surface area contributed by atoms with Gasteiger partial charge in [-0.05, 0) is 41.5 Å². The van der Waals surface area contributed by atoms with E-state index in [1.165, 1.54) is 0 Å². The third-order valence-corrected chi connectivity index (χ3v) is 3.30. The van der Waals surface area contributed by atoms with E-state index in [-0.39, 0.29) is 0 Å². The Morgan fingerprint density at radius 2 is 2.05 bits per heavy atom. The summed E-state index contributed by atoms with van der Waals surface area (Å²) < 4.78 is 6.28. The lowest BCUT2D eigenvalue weighted by Crippen LogP contribution is -1.99. The third kappa shape index (κ3) is 3.35. The molecule has 0 unspecified atom stereocenters. The lowest BCUT2D eigenvalue weighted by molar-refractivity contribution is 0.0697. The van der Waals surface area contributed by atoms with Crippen LogP contribution in [0.25, 0.3) is 0 Å². The van der Waals surface area contributed by atoms with Crippen LogP contribution >= 0.6 is 15.9 Å². The van der Waals surface area contributed by atoms with Crippen LogP contribution in [0.3, 0.4) is 0 Å². The number of methoxy groups -OCH3 is 1. The van der Waals surface area contributed by atoms with Crippen molar-refractivity contribution in [2.24, 2.45) is 0 Å². The van der Waals surface area contributed by atoms with Gasteiger partial charge in [0, 0.05) is 10.9 Å². The second-order valence-corrected chi connectivity index (χ2v) is 5.05. The minimum atomic E-state index is -0.914. The van der Waals surface area contributed by atoms with Crippen LogP contribution in [0.1, 0.15) is 21.5 Å². The standard InChI is InChI=1S/C15H13BrO3/c1-19-14-6-5-13(16)9-12(14)8-10-3-2-4-11(7-10)15(17)18/h2-7,9H,8H2,1H3,(H,17,18). The van der Waals surface area contributed by atoms with Crippen LogP contribution < -0.4 is 4.74 Å². The molecule has 0 spiro atoms. The molecule has 0 bridgehead atoms. The van der Waals surface area contributed by atoms with Gasteiger partial charge in [-0.1, -0.05) is 28.1 Å². The first-order chi connectivity index (χ1) is 9.10. The predicted molar refractivity (Wildman–Crippen MR) is 76.9 cm³/mol. The largest absolute Gasteiger partial charge is 0.496 e. The van der Waals surface area contributed by atoms with Crippen molar-refractivity contribution in [1.82, 2.24) is 0 Å². The molecule has 2 rings (SSSR count). The molecule has 0 aliphatic carbocycles. The van der Waals surface area contributed by atoms with Crippen LogP contribution in [0.2, 0.25) is 0 Å². The summed E-state index contributed by atoms with van der Waals surface area (Å²) in [6, 6.07) is 12.7. The number of hydrogen-bond acceptors (Lipinski definition) is 2. The average Bonchev–Trinajstić information content (AvgIpc) is 2.39. The van der Waals surface area contributed by atoms with Crippen molar-refractivity contribution in [3.63, 3.8) is 0 Å². The molecule has 0 aromatic heterocycles. The highest BCUT2D eigenvalue weighted by Gasteiger charge is 2.07. The van der Waals surface area contributed by atoms with E-state index in [1.807, 2.05) is 24.3 Å². The van der Waals surface area contributed by atoms with Crippen LogP contribution in [-0.4, -0.2) is 18.2 Å². The van der Waals surface area contributed by atoms with Gasteiger partial charge >= 0.3 is 5.97 Å². The molecule has 0 heterocycles. The van der Waals surface area contributed by atoms with Gasteiger partial charge in [-0.25, -0.2) is 4.79 Å². The molecule has 98 valence electrons. The maximum atomic E-state index is 11.0. The minimum absolute atomic E-state index is 0.298. The molecule has 19 heavy (non-hydrogen) atoms. The van der Waals surface area contributed by atoms with Crippen molar-refractivity contribution in [2.45, 2.75) is 6.42 Å². The normalized spacial score (nSPS) is 10.2. The number of carbonyl (C=O) groups is 1. The molecule has 2 aromatic rings. The van der Waals surface area contributed by atoms with Crippen molar-refractivity contribution in [1.29, 1.82) is 0 Å². The van der Waals surface area contributed by atoms with Gasteiger partial charge in [0.2, 0.25) is 0 Å². The van der Waals surface area contributed by atoms with Gasteiger partial charge in [0.25, 0.3) is 0 Å². The lowest BCUT2D eigenvalue weighted by atomic mass is 10.0. The zero-order valence-electron chi connectivity index (χ0n) is 10.4. The fourth-order valence-corrected chi connectivity index (χ4v) is 2.33. The van der Waals surface area contributed by atoms with Crippen molar-refractivity contribution in [3.8, 4) is 5.75 Å². The van der Waals surface area contributed by atoms with E-state index in [9.17, 15) is 4.79 Å². The molecule has 2 aromatic carbocycles. The molecule has 0 atom stereocenters. The molecule has 4 heteroatoms. The van der Waals surface area contributed by atoms with Crippen molar-refractivity contribution >= 4 is 21.9 Å². The SMILES string of the molecule is COc1ccc(Br)cc1Cc1cccc(C(=O)O)c1. The molecule has 0 amide bonds. The molecular weight excluding hydrogens is 308 g/mol. The number of aromatic carboxylic acids is 1. The van der Waals surface area contributed by atoms with Crippen LogP contribution in [0.15, 0.2) is 46.9 Å². The van der Waals surface area contributed by atoms with Crippen LogP contribution in [-0.2, 0) is 6.42 Å². The van der Waals surface area contributed by atoms with Gasteiger partial charge in [0.1, 0.15) is 5.75 Å². The van der Waals surface area contributed by atoms with E-state index in [0.29, 0.717) is 12.0 Å². The van der Waals surface area contributed by atoms with E-state index < -0.39 is 5.97 Å². The van der Waals surface area contributed by atoms with Gasteiger partial charge in [0.05, 0.1) is 12.7 Å². The van der Waals surface area contributed by atoms with Gasteiger partial charge in [-0.3, -0.25) is 0 Å². The maximum Gasteiger partial charge on any atom is 0.335 e. The van der Waals surface area contributed by atoms with E-state index in [2.05, 4.69) is 15.9 Å². The highest BCUT2D eigenvalue weighted by atomic mass is 79.9. The van der Waals surface area contributed by atoms with Crippen molar-refractivity contribution < 1.29 is 14.6 Å². The highest BCUT2D eigenvalue weighted by molar-refractivity contribution is 9.10. The number of halogens is 1. The Kier molecular flexibility index (Phi) is 4.22. The number of benzene rings is 2. The molecule has 0 saturated carbocycles. The third-order valence-electron chi connectivity index (χ3n) is 2.81. The van der Waals surface area contributed by atoms with Gasteiger partial charge in [-0.2, -0.15) is 0 Å². The van der Waals surface area contributed by atoms with Crippen molar-refractivity contribution in [2.75, 3.05) is 7.11 Å². The van der Waals surface area contributed by atoms with Crippen molar-refractivity contribution in [3.05, 3.63) is 63.6 Å². The Bertz CT molecular complexity index is 608. The average molecular weight is 321 g/mol. The topological polar surface area (TPSA) is 46.5 Å². The van der Waals surface area contributed by atoms with E-state index in [4.69, 9.17) is 9.84 Å². The Balaban J connectivity index is 2.33. The number of hydrogen-bond donors (Lipinski definition) is 1. The quantitative estimate of drug-likeness (QED) is 0.933. The molecule has 1 N–H and O–H groups in total. The summed E-state index contributed by atoms with van der Waals surface area (Å²) in [5.74, 6) is -0.119. The lowest BCUT2D eigenvalue weighted by Gasteiger charge is -2.09. The minimum Gasteiger partial charge on any atom is -0.496 e. The Morgan fingerprint density at radius 1 is 1.26 bits per heavy atom. The fraction of sp³-hybridized carbons (Fsp3) is 0.133. The summed E-state index contributed by atoms with van der Waals surface area (Å²) in [5.41, 5.74) is 2.25. The summed E-state index contributed by atoms with van der Waals surface area (Å²) in [6.45, 7) is 0. The first-order valence-corrected chi connectivity index (χ1v) is 6.54. The summed E-state index contributed by atoms with van der Waals surface area (Å²) in [4.78, 5) is 11.0. The molecule has 3 nitrogen and oxygen atoms in total.